The summed E-state index contributed by atoms with van der Waals surface area (Å²) < 4.78 is 0. The van der Waals surface area contributed by atoms with E-state index in [1.165, 1.54) is 0 Å². The minimum absolute atomic E-state index is 0. The van der Waals surface area contributed by atoms with E-state index in [0.29, 0.717) is 0 Å². The summed E-state index contributed by atoms with van der Waals surface area (Å²) in [5, 5.41) is 11.7. The van der Waals surface area contributed by atoms with Crippen LogP contribution in [-0.4, -0.2) is 5.17 Å². The van der Waals surface area contributed by atoms with E-state index in [2.05, 4.69) is 26.3 Å². The normalized spacial score (nSPS) is 10.4. The van der Waals surface area contributed by atoms with Gasteiger partial charge in [0, 0.05) is 0 Å². The first-order valence-corrected chi connectivity index (χ1v) is 6.03. The summed E-state index contributed by atoms with van der Waals surface area (Å²) in [7, 11) is 0. The second-order valence-corrected chi connectivity index (χ2v) is 3.90. The molecule has 0 spiro atoms. The summed E-state index contributed by atoms with van der Waals surface area (Å²) in [6, 6.07) is 18.9. The first-order chi connectivity index (χ1) is 9.34. The van der Waals surface area contributed by atoms with E-state index in [1.807, 2.05) is 60.7 Å². The number of hydrazone groups is 1. The largest absolute Gasteiger partial charge is 1.00 e. The van der Waals surface area contributed by atoms with Crippen molar-refractivity contribution in [3.8, 4) is 0 Å². The quantitative estimate of drug-likeness (QED) is 0.172. The number of benzene rings is 2. The van der Waals surface area contributed by atoms with E-state index >= 15 is 0 Å². The van der Waals surface area contributed by atoms with Gasteiger partial charge in [0.25, 0.3) is 0 Å². The van der Waals surface area contributed by atoms with Gasteiger partial charge in [0.05, 0.1) is 16.5 Å². The first-order valence-electron chi connectivity index (χ1n) is 5.62. The molecule has 1 radical (unpaired) electrons. The molecule has 0 bridgehead atoms. The van der Waals surface area contributed by atoms with Crippen LogP contribution in [0.3, 0.4) is 0 Å². The Hall–Kier alpha value is -1.53. The molecule has 105 valence electrons. The molecule has 0 aliphatic rings. The first kappa shape index (κ1) is 19.5. The van der Waals surface area contributed by atoms with Gasteiger partial charge in [0.15, 0.2) is 0 Å². The number of rotatable bonds is 4. The fourth-order valence-electron chi connectivity index (χ4n) is 1.28. The molecule has 7 heteroatoms. The summed E-state index contributed by atoms with van der Waals surface area (Å²) in [5.74, 6) is 0. The van der Waals surface area contributed by atoms with Gasteiger partial charge in [-0.2, -0.15) is 15.3 Å². The molecule has 21 heavy (non-hydrogen) atoms. The standard InChI is InChI=1S/C13H13N5S.CH4.Hg/c19-13(16-14-11-7-3-1-4-8-11)17-18-15-12-9-5-2-6-10-12;;/h1-10,15,18H,(H,17,19);1H4;/q;;+1/p-1. The van der Waals surface area contributed by atoms with Crippen LogP contribution in [0, 0.1) is 0 Å². The van der Waals surface area contributed by atoms with Crippen LogP contribution in [-0.2, 0) is 40.3 Å². The Kier molecular flexibility index (Phi) is 10.3. The molecule has 0 unspecified atom stereocenters. The molecule has 0 aliphatic heterocycles. The van der Waals surface area contributed by atoms with Crippen LogP contribution < -0.4 is 11.0 Å². The van der Waals surface area contributed by atoms with Crippen molar-refractivity contribution in [2.45, 2.75) is 7.43 Å². The molecule has 2 aromatic rings. The van der Waals surface area contributed by atoms with Crippen LogP contribution in [0.4, 0.5) is 11.4 Å². The minimum Gasteiger partial charge on any atom is -0.737 e. The maximum absolute atomic E-state index is 4.94. The van der Waals surface area contributed by atoms with Crippen molar-refractivity contribution < 1.29 is 27.7 Å². The zero-order chi connectivity index (χ0) is 13.3. The molecule has 0 atom stereocenters. The Bertz CT molecular complexity index is 560. The van der Waals surface area contributed by atoms with Crippen molar-refractivity contribution >= 4 is 29.2 Å². The van der Waals surface area contributed by atoms with Crippen LogP contribution in [0.15, 0.2) is 76.0 Å². The molecule has 0 fully saturated rings. The maximum Gasteiger partial charge on any atom is 1.00 e. The monoisotopic (exact) mass is 488 g/mol. The van der Waals surface area contributed by atoms with E-state index < -0.39 is 0 Å². The smallest absolute Gasteiger partial charge is 0.737 e. The predicted octanol–water partition coefficient (Wildman–Crippen LogP) is 3.84. The Labute approximate surface area is 150 Å². The third-order valence-corrected chi connectivity index (χ3v) is 2.31. The van der Waals surface area contributed by atoms with E-state index in [-0.39, 0.29) is 40.3 Å². The van der Waals surface area contributed by atoms with Crippen LogP contribution >= 0.6 is 0 Å². The van der Waals surface area contributed by atoms with Crippen LogP contribution in [0.2, 0.25) is 0 Å². The Morgan fingerprint density at radius 2 is 1.48 bits per heavy atom. The second-order valence-electron chi connectivity index (χ2n) is 3.53. The van der Waals surface area contributed by atoms with Crippen LogP contribution in [0.1, 0.15) is 7.43 Å². The molecule has 5 nitrogen and oxygen atoms in total. The van der Waals surface area contributed by atoms with Gasteiger partial charge in [-0.15, -0.1) is 0 Å². The Balaban J connectivity index is 0.00000200. The zero-order valence-corrected chi connectivity index (χ0v) is 17.0. The number of nitrogens with one attached hydrogen (secondary N) is 2. The average Bonchev–Trinajstić information content (AvgIpc) is 2.47. The van der Waals surface area contributed by atoms with Gasteiger partial charge in [-0.25, -0.2) is 5.53 Å². The number of amidine groups is 1. The van der Waals surface area contributed by atoms with Crippen molar-refractivity contribution in [1.29, 1.82) is 0 Å². The number of hydrogen-bond donors (Lipinski definition) is 2. The fraction of sp³-hybridized carbons (Fsp3) is 0.0714. The number of anilines is 1. The number of hydrazine groups is 1. The van der Waals surface area contributed by atoms with Gasteiger partial charge in [-0.1, -0.05) is 43.8 Å². The predicted molar refractivity (Wildman–Crippen MR) is 85.7 cm³/mol. The molecule has 0 aromatic heterocycles. The molecule has 0 saturated carbocycles. The molecule has 0 saturated heterocycles. The van der Waals surface area contributed by atoms with Gasteiger partial charge < -0.3 is 12.6 Å². The summed E-state index contributed by atoms with van der Waals surface area (Å²) >= 11 is 4.94. The molecule has 2 N–H and O–H groups in total. The third-order valence-electron chi connectivity index (χ3n) is 2.13. The van der Waals surface area contributed by atoms with Gasteiger partial charge in [-0.05, 0) is 24.3 Å². The van der Waals surface area contributed by atoms with Gasteiger partial charge in [-0.3, -0.25) is 5.43 Å². The summed E-state index contributed by atoms with van der Waals surface area (Å²) in [6.07, 6.45) is 0. The zero-order valence-electron chi connectivity index (χ0n) is 10.7. The van der Waals surface area contributed by atoms with Crippen molar-refractivity contribution in [2.24, 2.45) is 15.3 Å². The van der Waals surface area contributed by atoms with Gasteiger partial charge in [0.1, 0.15) is 0 Å². The molecular formula is C14H16HgN5S. The van der Waals surface area contributed by atoms with Crippen molar-refractivity contribution in [3.63, 3.8) is 0 Å². The molecular weight excluding hydrogens is 471 g/mol. The van der Waals surface area contributed by atoms with Crippen LogP contribution in [0.5, 0.6) is 0 Å². The minimum atomic E-state index is 0. The second kappa shape index (κ2) is 11.2. The van der Waals surface area contributed by atoms with Gasteiger partial charge in [0.2, 0.25) is 0 Å². The number of hydrogen-bond acceptors (Lipinski definition) is 5. The maximum atomic E-state index is 4.94. The topological polar surface area (TPSA) is 61.1 Å². The third kappa shape index (κ3) is 7.72. The SMILES string of the molecule is C.[Hg+].[S-]C(N=Nc1ccccc1)=NNNc1ccccc1. The fourth-order valence-corrected chi connectivity index (χ4v) is 1.37. The molecule has 0 heterocycles. The summed E-state index contributed by atoms with van der Waals surface area (Å²) in [5.41, 5.74) is 7.10. The van der Waals surface area contributed by atoms with E-state index in [0.717, 1.165) is 11.4 Å². The number of nitrogens with zero attached hydrogens (tertiary/aromatic N) is 3. The van der Waals surface area contributed by atoms with E-state index in [9.17, 15) is 0 Å². The molecule has 2 rings (SSSR count). The van der Waals surface area contributed by atoms with Crippen molar-refractivity contribution in [1.82, 2.24) is 5.53 Å². The summed E-state index contributed by atoms with van der Waals surface area (Å²) in [6.45, 7) is 0. The Morgan fingerprint density at radius 1 is 0.905 bits per heavy atom. The molecule has 2 aromatic carbocycles. The van der Waals surface area contributed by atoms with E-state index in [4.69, 9.17) is 12.6 Å². The molecule has 0 amide bonds. The average molecular weight is 487 g/mol. The number of azo groups is 1. The van der Waals surface area contributed by atoms with Crippen LogP contribution in [0.25, 0.3) is 0 Å². The molecule has 0 aliphatic carbocycles. The Morgan fingerprint density at radius 3 is 2.10 bits per heavy atom. The van der Waals surface area contributed by atoms with E-state index in [1.54, 1.807) is 0 Å². The number of para-hydroxylation sites is 1. The van der Waals surface area contributed by atoms with Crippen molar-refractivity contribution in [2.75, 3.05) is 5.43 Å². The van der Waals surface area contributed by atoms with Crippen molar-refractivity contribution in [3.05, 3.63) is 60.7 Å². The summed E-state index contributed by atoms with van der Waals surface area (Å²) in [4.78, 5) is 0. The van der Waals surface area contributed by atoms with Gasteiger partial charge >= 0.3 is 27.7 Å².